The minimum Gasteiger partial charge on any atom is -0.378 e. The summed E-state index contributed by atoms with van der Waals surface area (Å²) in [4.78, 5) is 11.8. The van der Waals surface area contributed by atoms with E-state index in [0.29, 0.717) is 19.8 Å². The number of benzene rings is 1. The Balaban J connectivity index is 1.88. The van der Waals surface area contributed by atoms with Crippen molar-refractivity contribution in [3.05, 3.63) is 34.6 Å². The number of nitrogens with one attached hydrogen (secondary N) is 2. The first kappa shape index (κ1) is 13.3. The van der Waals surface area contributed by atoms with Crippen molar-refractivity contribution >= 4 is 17.5 Å². The predicted molar refractivity (Wildman–Crippen MR) is 66.4 cm³/mol. The highest BCUT2D eigenvalue weighted by atomic mass is 35.5. The van der Waals surface area contributed by atoms with Crippen LogP contribution in [0.15, 0.2) is 18.2 Å². The number of morpholine rings is 1. The first-order valence-electron chi connectivity index (χ1n) is 5.71. The second kappa shape index (κ2) is 6.13. The van der Waals surface area contributed by atoms with Crippen molar-refractivity contribution in [3.8, 4) is 0 Å². The van der Waals surface area contributed by atoms with E-state index in [4.69, 9.17) is 16.3 Å². The number of carbonyl (C=O) groups excluding carboxylic acids is 1. The Morgan fingerprint density at radius 2 is 2.44 bits per heavy atom. The highest BCUT2D eigenvalue weighted by molar-refractivity contribution is 6.30. The van der Waals surface area contributed by atoms with Crippen molar-refractivity contribution in [1.29, 1.82) is 0 Å². The molecule has 1 fully saturated rings. The third-order valence-corrected chi connectivity index (χ3v) is 3.00. The molecule has 0 bridgehead atoms. The van der Waals surface area contributed by atoms with Crippen LogP contribution in [0.25, 0.3) is 0 Å². The quantitative estimate of drug-likeness (QED) is 0.869. The molecule has 98 valence electrons. The molecule has 0 saturated carbocycles. The summed E-state index contributed by atoms with van der Waals surface area (Å²) in [7, 11) is 0. The number of rotatable bonds is 3. The molecule has 0 spiro atoms. The number of carbonyl (C=O) groups is 1. The molecule has 1 aromatic carbocycles. The predicted octanol–water partition coefficient (Wildman–Crippen LogP) is 1.20. The summed E-state index contributed by atoms with van der Waals surface area (Å²) < 4.78 is 18.5. The van der Waals surface area contributed by atoms with Crippen LogP contribution in [-0.2, 0) is 4.74 Å². The van der Waals surface area contributed by atoms with Crippen LogP contribution in [0.4, 0.5) is 4.39 Å². The standard InChI is InChI=1S/C12H14ClFN2O2/c13-10-2-1-8(5-11(10)14)12(17)16-6-9-7-18-4-3-15-9/h1-2,5,9,15H,3-4,6-7H2,(H,16,17). The summed E-state index contributed by atoms with van der Waals surface area (Å²) in [5, 5.41) is 5.94. The second-order valence-electron chi connectivity index (χ2n) is 4.06. The Morgan fingerprint density at radius 1 is 1.61 bits per heavy atom. The van der Waals surface area contributed by atoms with Gasteiger partial charge in [-0.1, -0.05) is 11.6 Å². The lowest BCUT2D eigenvalue weighted by Gasteiger charge is -2.23. The van der Waals surface area contributed by atoms with Gasteiger partial charge in [0.25, 0.3) is 5.91 Å². The minimum atomic E-state index is -0.594. The fourth-order valence-electron chi connectivity index (χ4n) is 1.71. The van der Waals surface area contributed by atoms with Gasteiger partial charge in [0, 0.05) is 24.7 Å². The lowest BCUT2D eigenvalue weighted by Crippen LogP contribution is -2.48. The van der Waals surface area contributed by atoms with Gasteiger partial charge in [-0.25, -0.2) is 4.39 Å². The van der Waals surface area contributed by atoms with Crippen molar-refractivity contribution < 1.29 is 13.9 Å². The molecule has 1 saturated heterocycles. The minimum absolute atomic E-state index is 0.00824. The molecule has 1 atom stereocenters. The average Bonchev–Trinajstić information content (AvgIpc) is 2.40. The van der Waals surface area contributed by atoms with E-state index < -0.39 is 5.82 Å². The van der Waals surface area contributed by atoms with Crippen molar-refractivity contribution in [1.82, 2.24) is 10.6 Å². The number of halogens is 2. The summed E-state index contributed by atoms with van der Waals surface area (Å²) in [6.07, 6.45) is 0. The second-order valence-corrected chi connectivity index (χ2v) is 4.47. The Morgan fingerprint density at radius 3 is 3.11 bits per heavy atom. The van der Waals surface area contributed by atoms with E-state index in [-0.39, 0.29) is 22.5 Å². The molecule has 2 N–H and O–H groups in total. The molecule has 0 aromatic heterocycles. The molecule has 18 heavy (non-hydrogen) atoms. The Bertz CT molecular complexity index is 436. The molecule has 1 amide bonds. The van der Waals surface area contributed by atoms with Crippen LogP contribution in [0.1, 0.15) is 10.4 Å². The Labute approximate surface area is 109 Å². The van der Waals surface area contributed by atoms with E-state index >= 15 is 0 Å². The third kappa shape index (κ3) is 3.41. The van der Waals surface area contributed by atoms with Gasteiger partial charge in [-0.2, -0.15) is 0 Å². The van der Waals surface area contributed by atoms with Crippen molar-refractivity contribution in [2.45, 2.75) is 6.04 Å². The molecule has 0 radical (unpaired) electrons. The van der Waals surface area contributed by atoms with E-state index in [1.165, 1.54) is 12.1 Å². The maximum atomic E-state index is 13.2. The van der Waals surface area contributed by atoms with Crippen LogP contribution in [0.5, 0.6) is 0 Å². The first-order chi connectivity index (χ1) is 8.66. The van der Waals surface area contributed by atoms with Crippen LogP contribution in [0.3, 0.4) is 0 Å². The summed E-state index contributed by atoms with van der Waals surface area (Å²) in [5.74, 6) is -0.915. The fraction of sp³-hybridized carbons (Fsp3) is 0.417. The van der Waals surface area contributed by atoms with E-state index in [1.54, 1.807) is 0 Å². The topological polar surface area (TPSA) is 50.4 Å². The van der Waals surface area contributed by atoms with Crippen LogP contribution in [0.2, 0.25) is 5.02 Å². The zero-order valence-corrected chi connectivity index (χ0v) is 10.5. The van der Waals surface area contributed by atoms with Crippen LogP contribution in [-0.4, -0.2) is 38.3 Å². The third-order valence-electron chi connectivity index (χ3n) is 2.69. The molecule has 1 aliphatic heterocycles. The van der Waals surface area contributed by atoms with Crippen molar-refractivity contribution in [2.75, 3.05) is 26.3 Å². The summed E-state index contributed by atoms with van der Waals surface area (Å²) >= 11 is 5.55. The summed E-state index contributed by atoms with van der Waals surface area (Å²) in [6.45, 7) is 2.47. The van der Waals surface area contributed by atoms with E-state index in [1.807, 2.05) is 0 Å². The number of hydrogen-bond acceptors (Lipinski definition) is 3. The van der Waals surface area contributed by atoms with Gasteiger partial charge >= 0.3 is 0 Å². The Hall–Kier alpha value is -1.17. The molecular weight excluding hydrogens is 259 g/mol. The number of amides is 1. The molecule has 6 heteroatoms. The van der Waals surface area contributed by atoms with Crippen molar-refractivity contribution in [3.63, 3.8) is 0 Å². The van der Waals surface area contributed by atoms with Crippen LogP contribution in [0, 0.1) is 5.82 Å². The van der Waals surface area contributed by atoms with Gasteiger partial charge in [-0.05, 0) is 18.2 Å². The lowest BCUT2D eigenvalue weighted by molar-refractivity contribution is 0.0734. The highest BCUT2D eigenvalue weighted by Gasteiger charge is 2.15. The molecule has 1 aliphatic rings. The molecule has 1 unspecified atom stereocenters. The molecule has 0 aliphatic carbocycles. The van der Waals surface area contributed by atoms with Gasteiger partial charge in [0.15, 0.2) is 0 Å². The molecular formula is C12H14ClFN2O2. The summed E-state index contributed by atoms with van der Waals surface area (Å²) in [6, 6.07) is 4.08. The monoisotopic (exact) mass is 272 g/mol. The van der Waals surface area contributed by atoms with Gasteiger partial charge in [-0.3, -0.25) is 4.79 Å². The summed E-state index contributed by atoms with van der Waals surface area (Å²) in [5.41, 5.74) is 0.258. The van der Waals surface area contributed by atoms with E-state index in [2.05, 4.69) is 10.6 Å². The van der Waals surface area contributed by atoms with Crippen molar-refractivity contribution in [2.24, 2.45) is 0 Å². The molecule has 1 aromatic rings. The normalized spacial score (nSPS) is 19.6. The maximum Gasteiger partial charge on any atom is 0.251 e. The maximum absolute atomic E-state index is 13.2. The molecule has 2 rings (SSSR count). The van der Waals surface area contributed by atoms with E-state index in [9.17, 15) is 9.18 Å². The zero-order chi connectivity index (χ0) is 13.0. The van der Waals surface area contributed by atoms with Gasteiger partial charge < -0.3 is 15.4 Å². The molecule has 1 heterocycles. The SMILES string of the molecule is O=C(NCC1COCCN1)c1ccc(Cl)c(F)c1. The van der Waals surface area contributed by atoms with Gasteiger partial charge in [-0.15, -0.1) is 0 Å². The highest BCUT2D eigenvalue weighted by Crippen LogP contribution is 2.15. The number of ether oxygens (including phenoxy) is 1. The zero-order valence-electron chi connectivity index (χ0n) is 9.71. The van der Waals surface area contributed by atoms with Gasteiger partial charge in [0.2, 0.25) is 0 Å². The lowest BCUT2D eigenvalue weighted by atomic mass is 10.2. The van der Waals surface area contributed by atoms with Crippen LogP contribution < -0.4 is 10.6 Å². The Kier molecular flexibility index (Phi) is 4.52. The van der Waals surface area contributed by atoms with Crippen LogP contribution >= 0.6 is 11.6 Å². The average molecular weight is 273 g/mol. The van der Waals surface area contributed by atoms with Gasteiger partial charge in [0.1, 0.15) is 5.82 Å². The number of hydrogen-bond donors (Lipinski definition) is 2. The largest absolute Gasteiger partial charge is 0.378 e. The smallest absolute Gasteiger partial charge is 0.251 e. The van der Waals surface area contributed by atoms with E-state index in [0.717, 1.165) is 12.6 Å². The van der Waals surface area contributed by atoms with Gasteiger partial charge in [0.05, 0.1) is 18.2 Å². The first-order valence-corrected chi connectivity index (χ1v) is 6.09. The molecule has 4 nitrogen and oxygen atoms in total. The fourth-order valence-corrected chi connectivity index (χ4v) is 1.82.